The third-order valence-corrected chi connectivity index (χ3v) is 6.64. The predicted molar refractivity (Wildman–Crippen MR) is 121 cm³/mol. The van der Waals surface area contributed by atoms with E-state index in [-0.39, 0.29) is 23.5 Å². The third kappa shape index (κ3) is 3.33. The van der Waals surface area contributed by atoms with Gasteiger partial charge < -0.3 is 0 Å². The molecule has 0 aromatic heterocycles. The topological polar surface area (TPSA) is 34.1 Å². The van der Waals surface area contributed by atoms with E-state index in [0.29, 0.717) is 5.57 Å². The molecule has 0 amide bonds. The highest BCUT2D eigenvalue weighted by atomic mass is 16.1. The van der Waals surface area contributed by atoms with E-state index in [9.17, 15) is 9.59 Å². The van der Waals surface area contributed by atoms with Crippen LogP contribution in [0.4, 0.5) is 0 Å². The molecule has 4 atom stereocenters. The molecule has 0 bridgehead atoms. The Morgan fingerprint density at radius 1 is 0.800 bits per heavy atom. The fourth-order valence-corrected chi connectivity index (χ4v) is 5.15. The summed E-state index contributed by atoms with van der Waals surface area (Å²) in [5, 5.41) is 0. The van der Waals surface area contributed by atoms with Gasteiger partial charge in [0.25, 0.3) is 0 Å². The molecule has 2 heteroatoms. The lowest BCUT2D eigenvalue weighted by atomic mass is 9.67. The van der Waals surface area contributed by atoms with Gasteiger partial charge in [0.2, 0.25) is 0 Å². The first-order valence-electron chi connectivity index (χ1n) is 10.4. The molecule has 1 aliphatic carbocycles. The minimum atomic E-state index is -0.904. The van der Waals surface area contributed by atoms with E-state index in [4.69, 9.17) is 0 Å². The van der Waals surface area contributed by atoms with Gasteiger partial charge in [-0.2, -0.15) is 0 Å². The Morgan fingerprint density at radius 3 is 1.83 bits per heavy atom. The zero-order valence-corrected chi connectivity index (χ0v) is 17.4. The van der Waals surface area contributed by atoms with Gasteiger partial charge in [0, 0.05) is 23.3 Å². The molecule has 0 heterocycles. The molecule has 3 aromatic carbocycles. The van der Waals surface area contributed by atoms with Gasteiger partial charge in [-0.05, 0) is 29.7 Å². The molecule has 1 aliphatic rings. The number of hydrogen-bond acceptors (Lipinski definition) is 2. The maximum Gasteiger partial charge on any atom is 0.147 e. The summed E-state index contributed by atoms with van der Waals surface area (Å²) >= 11 is 0. The van der Waals surface area contributed by atoms with Gasteiger partial charge in [-0.3, -0.25) is 9.59 Å². The highest BCUT2D eigenvalue weighted by Crippen LogP contribution is 2.60. The molecule has 0 N–H and O–H groups in total. The van der Waals surface area contributed by atoms with Crippen molar-refractivity contribution in [2.24, 2.45) is 11.3 Å². The number of Topliss-reactive ketones (excluding diaryl/α,β-unsaturated/α-hetero) is 1. The fourth-order valence-electron chi connectivity index (χ4n) is 5.15. The summed E-state index contributed by atoms with van der Waals surface area (Å²) in [6.45, 7) is 3.96. The van der Waals surface area contributed by atoms with Crippen molar-refractivity contribution in [3.63, 3.8) is 0 Å². The van der Waals surface area contributed by atoms with E-state index in [1.165, 1.54) is 0 Å². The standard InChI is InChI=1S/C28H26O2/c1-20-25(22-14-8-4-9-15-22)26(23-16-10-5-11-17-23)28(2,27(20)30)24(19-29)18-21-12-6-3-7-13-21/h3-20,25-26H,1-2H3/b24-18+/t20-,25+,26+,28-/m0/s1. The van der Waals surface area contributed by atoms with E-state index in [1.807, 2.05) is 86.7 Å². The van der Waals surface area contributed by atoms with Crippen LogP contribution in [0.15, 0.2) is 96.6 Å². The fraction of sp³-hybridized carbons (Fsp3) is 0.214. The number of ketones is 1. The lowest BCUT2D eigenvalue weighted by Crippen LogP contribution is -2.32. The van der Waals surface area contributed by atoms with Crippen molar-refractivity contribution in [3.8, 4) is 0 Å². The average Bonchev–Trinajstić information content (AvgIpc) is 3.01. The molecule has 0 saturated heterocycles. The van der Waals surface area contributed by atoms with Crippen LogP contribution in [0.25, 0.3) is 6.08 Å². The molecule has 1 fully saturated rings. The lowest BCUT2D eigenvalue weighted by molar-refractivity contribution is -0.127. The van der Waals surface area contributed by atoms with Crippen molar-refractivity contribution in [1.82, 2.24) is 0 Å². The monoisotopic (exact) mass is 394 g/mol. The minimum Gasteiger partial charge on any atom is -0.298 e. The van der Waals surface area contributed by atoms with Crippen LogP contribution in [0, 0.1) is 11.3 Å². The zero-order valence-electron chi connectivity index (χ0n) is 17.4. The van der Waals surface area contributed by atoms with Gasteiger partial charge in [-0.25, -0.2) is 0 Å². The first-order chi connectivity index (χ1) is 14.6. The van der Waals surface area contributed by atoms with Crippen LogP contribution in [-0.4, -0.2) is 12.1 Å². The first kappa shape index (κ1) is 20.0. The van der Waals surface area contributed by atoms with Crippen molar-refractivity contribution < 1.29 is 9.59 Å². The largest absolute Gasteiger partial charge is 0.298 e. The maximum atomic E-state index is 13.8. The number of carbonyl (C=O) groups excluding carboxylic acids is 2. The molecule has 0 radical (unpaired) electrons. The SMILES string of the molecule is C[C@@H]1C(=O)[C@@](C)(/C(C=O)=C/c2ccccc2)[C@H](c2ccccc2)[C@H]1c1ccccc1. The van der Waals surface area contributed by atoms with Crippen molar-refractivity contribution >= 4 is 18.1 Å². The Morgan fingerprint density at radius 2 is 1.30 bits per heavy atom. The number of aldehydes is 1. The Bertz CT molecular complexity index is 1050. The van der Waals surface area contributed by atoms with E-state index in [1.54, 1.807) is 0 Å². The average molecular weight is 395 g/mol. The summed E-state index contributed by atoms with van der Waals surface area (Å²) in [5.74, 6) is -0.185. The van der Waals surface area contributed by atoms with Crippen LogP contribution < -0.4 is 0 Å². The van der Waals surface area contributed by atoms with Crippen LogP contribution in [0.5, 0.6) is 0 Å². The van der Waals surface area contributed by atoms with Crippen molar-refractivity contribution in [2.45, 2.75) is 25.7 Å². The molecular weight excluding hydrogens is 368 g/mol. The Kier molecular flexibility index (Phi) is 5.50. The van der Waals surface area contributed by atoms with E-state index >= 15 is 0 Å². The van der Waals surface area contributed by atoms with Gasteiger partial charge in [0.1, 0.15) is 12.1 Å². The smallest absolute Gasteiger partial charge is 0.147 e. The number of carbonyl (C=O) groups is 2. The lowest BCUT2D eigenvalue weighted by Gasteiger charge is -2.34. The molecule has 0 unspecified atom stereocenters. The number of allylic oxidation sites excluding steroid dienone is 1. The normalized spacial score (nSPS) is 26.5. The molecule has 0 spiro atoms. The quantitative estimate of drug-likeness (QED) is 0.389. The summed E-state index contributed by atoms with van der Waals surface area (Å²) in [7, 11) is 0. The summed E-state index contributed by atoms with van der Waals surface area (Å²) in [6, 6.07) is 30.1. The number of hydrogen-bond donors (Lipinski definition) is 0. The minimum absolute atomic E-state index is 0.00484. The second-order valence-electron chi connectivity index (χ2n) is 8.31. The highest BCUT2D eigenvalue weighted by molar-refractivity contribution is 6.02. The maximum absolute atomic E-state index is 13.8. The second-order valence-corrected chi connectivity index (χ2v) is 8.31. The van der Waals surface area contributed by atoms with E-state index in [0.717, 1.165) is 23.0 Å². The summed E-state index contributed by atoms with van der Waals surface area (Å²) in [6.07, 6.45) is 2.75. The summed E-state index contributed by atoms with van der Waals surface area (Å²) < 4.78 is 0. The molecule has 150 valence electrons. The molecule has 3 aromatic rings. The van der Waals surface area contributed by atoms with Crippen molar-refractivity contribution in [3.05, 3.63) is 113 Å². The second kappa shape index (κ2) is 8.23. The van der Waals surface area contributed by atoms with Crippen LogP contribution in [0.2, 0.25) is 0 Å². The Balaban J connectivity index is 1.93. The van der Waals surface area contributed by atoms with Crippen LogP contribution >= 0.6 is 0 Å². The van der Waals surface area contributed by atoms with Gasteiger partial charge >= 0.3 is 0 Å². The van der Waals surface area contributed by atoms with E-state index in [2.05, 4.69) is 24.3 Å². The van der Waals surface area contributed by atoms with Gasteiger partial charge in [0.05, 0.1) is 5.41 Å². The molecular formula is C28H26O2. The number of benzene rings is 3. The van der Waals surface area contributed by atoms with Crippen molar-refractivity contribution in [2.75, 3.05) is 0 Å². The van der Waals surface area contributed by atoms with Crippen LogP contribution in [0.1, 0.15) is 42.4 Å². The molecule has 0 aliphatic heterocycles. The predicted octanol–water partition coefficient (Wildman–Crippen LogP) is 6.06. The van der Waals surface area contributed by atoms with Crippen molar-refractivity contribution in [1.29, 1.82) is 0 Å². The molecule has 1 saturated carbocycles. The molecule has 2 nitrogen and oxygen atoms in total. The van der Waals surface area contributed by atoms with Crippen LogP contribution in [0.3, 0.4) is 0 Å². The van der Waals surface area contributed by atoms with E-state index < -0.39 is 5.41 Å². The number of rotatable bonds is 5. The molecule has 30 heavy (non-hydrogen) atoms. The van der Waals surface area contributed by atoms with Crippen LogP contribution in [-0.2, 0) is 9.59 Å². The summed E-state index contributed by atoms with van der Waals surface area (Å²) in [5.41, 5.74) is 2.79. The Hall–Kier alpha value is -3.26. The highest BCUT2D eigenvalue weighted by Gasteiger charge is 2.58. The first-order valence-corrected chi connectivity index (χ1v) is 10.4. The van der Waals surface area contributed by atoms with Gasteiger partial charge in [-0.1, -0.05) is 97.9 Å². The molecule has 4 rings (SSSR count). The summed E-state index contributed by atoms with van der Waals surface area (Å²) in [4.78, 5) is 26.1. The zero-order chi connectivity index (χ0) is 21.1. The van der Waals surface area contributed by atoms with Gasteiger partial charge in [0.15, 0.2) is 0 Å². The van der Waals surface area contributed by atoms with Gasteiger partial charge in [-0.15, -0.1) is 0 Å². The third-order valence-electron chi connectivity index (χ3n) is 6.64. The Labute approximate surface area is 178 Å².